The van der Waals surface area contributed by atoms with E-state index in [4.69, 9.17) is 0 Å². The number of urea groups is 1. The summed E-state index contributed by atoms with van der Waals surface area (Å²) in [5, 5.41) is 7.84. The third-order valence-corrected chi connectivity index (χ3v) is 5.05. The van der Waals surface area contributed by atoms with Crippen LogP contribution in [0, 0.1) is 0 Å². The lowest BCUT2D eigenvalue weighted by Crippen LogP contribution is -2.43. The van der Waals surface area contributed by atoms with Crippen molar-refractivity contribution in [3.63, 3.8) is 0 Å². The van der Waals surface area contributed by atoms with Crippen molar-refractivity contribution >= 4 is 29.9 Å². The zero-order valence-electron chi connectivity index (χ0n) is 14.1. The highest BCUT2D eigenvalue weighted by atomic mass is 32.2. The Bertz CT molecular complexity index is 805. The molecule has 0 bridgehead atoms. The Morgan fingerprint density at radius 2 is 1.80 bits per heavy atom. The number of nitrogens with zero attached hydrogens (tertiary/aromatic N) is 2. The first-order chi connectivity index (χ1) is 12.1. The Labute approximate surface area is 151 Å². The summed E-state index contributed by atoms with van der Waals surface area (Å²) in [7, 11) is 0. The van der Waals surface area contributed by atoms with Crippen molar-refractivity contribution in [2.45, 2.75) is 23.8 Å². The molecule has 128 valence electrons. The van der Waals surface area contributed by atoms with E-state index in [1.54, 1.807) is 11.8 Å². The zero-order valence-corrected chi connectivity index (χ0v) is 14.9. The van der Waals surface area contributed by atoms with Crippen molar-refractivity contribution < 1.29 is 9.59 Å². The lowest BCUT2D eigenvalue weighted by molar-refractivity contribution is -0.131. The van der Waals surface area contributed by atoms with E-state index in [1.807, 2.05) is 67.8 Å². The SMILES string of the molecule is CC[C@@]1(c2ccccc2)NC(=O)N(/N=C\c2ccc(SC)cc2)C1=O. The maximum absolute atomic E-state index is 12.9. The number of imide groups is 1. The molecule has 0 radical (unpaired) electrons. The third kappa shape index (κ3) is 3.17. The molecule has 2 aromatic rings. The molecule has 5 nitrogen and oxygen atoms in total. The molecule has 0 spiro atoms. The summed E-state index contributed by atoms with van der Waals surface area (Å²) in [6.45, 7) is 1.87. The van der Waals surface area contributed by atoms with Crippen molar-refractivity contribution in [3.8, 4) is 0 Å². The van der Waals surface area contributed by atoms with Crippen LogP contribution in [0.25, 0.3) is 0 Å². The van der Waals surface area contributed by atoms with Crippen LogP contribution in [0.2, 0.25) is 0 Å². The molecule has 1 aliphatic heterocycles. The second kappa shape index (κ2) is 7.11. The second-order valence-electron chi connectivity index (χ2n) is 5.69. The molecule has 0 aromatic heterocycles. The molecular formula is C19H19N3O2S. The quantitative estimate of drug-likeness (QED) is 0.507. The lowest BCUT2D eigenvalue weighted by Gasteiger charge is -2.24. The second-order valence-corrected chi connectivity index (χ2v) is 6.57. The molecule has 1 atom stereocenters. The zero-order chi connectivity index (χ0) is 17.9. The van der Waals surface area contributed by atoms with E-state index in [1.165, 1.54) is 6.21 Å². The molecule has 25 heavy (non-hydrogen) atoms. The Balaban J connectivity index is 1.86. The van der Waals surface area contributed by atoms with E-state index < -0.39 is 11.6 Å². The van der Waals surface area contributed by atoms with Crippen LogP contribution < -0.4 is 5.32 Å². The van der Waals surface area contributed by atoms with Crippen LogP contribution in [-0.2, 0) is 10.3 Å². The number of carbonyl (C=O) groups is 2. The predicted octanol–water partition coefficient (Wildman–Crippen LogP) is 3.60. The Kier molecular flexibility index (Phi) is 4.90. The van der Waals surface area contributed by atoms with Crippen molar-refractivity contribution in [1.29, 1.82) is 0 Å². The van der Waals surface area contributed by atoms with Crippen molar-refractivity contribution in [3.05, 3.63) is 65.7 Å². The van der Waals surface area contributed by atoms with Gasteiger partial charge in [-0.15, -0.1) is 16.8 Å². The molecule has 6 heteroatoms. The molecule has 3 rings (SSSR count). The molecule has 0 saturated carbocycles. The van der Waals surface area contributed by atoms with E-state index in [0.717, 1.165) is 21.0 Å². The number of rotatable bonds is 5. The normalized spacial score (nSPS) is 20.3. The minimum Gasteiger partial charge on any atom is -0.318 e. The summed E-state index contributed by atoms with van der Waals surface area (Å²) in [6, 6.07) is 16.5. The van der Waals surface area contributed by atoms with Gasteiger partial charge in [0.15, 0.2) is 0 Å². The van der Waals surface area contributed by atoms with Gasteiger partial charge >= 0.3 is 6.03 Å². The number of nitrogens with one attached hydrogen (secondary N) is 1. The van der Waals surface area contributed by atoms with Gasteiger partial charge in [-0.2, -0.15) is 5.10 Å². The summed E-state index contributed by atoms with van der Waals surface area (Å²) in [4.78, 5) is 26.4. The number of hydrogen-bond acceptors (Lipinski definition) is 4. The van der Waals surface area contributed by atoms with Gasteiger partial charge in [-0.3, -0.25) is 4.79 Å². The molecule has 3 amide bonds. The van der Waals surface area contributed by atoms with Gasteiger partial charge in [-0.25, -0.2) is 4.79 Å². The van der Waals surface area contributed by atoms with Crippen LogP contribution in [0.5, 0.6) is 0 Å². The maximum Gasteiger partial charge on any atom is 0.346 e. The number of carbonyl (C=O) groups excluding carboxylic acids is 2. The average molecular weight is 353 g/mol. The standard InChI is InChI=1S/C19H19N3O2S/c1-3-19(15-7-5-4-6-8-15)17(23)22(18(24)21-19)20-13-14-9-11-16(25-2)12-10-14/h4-13H,3H2,1-2H3,(H,21,24)/b20-13-/t19-/m0/s1. The molecule has 1 saturated heterocycles. The fraction of sp³-hybridized carbons (Fsp3) is 0.211. The number of benzene rings is 2. The average Bonchev–Trinajstić information content (AvgIpc) is 2.92. The minimum atomic E-state index is -1.06. The van der Waals surface area contributed by atoms with Gasteiger partial charge in [0, 0.05) is 4.90 Å². The number of hydrogen-bond donors (Lipinski definition) is 1. The van der Waals surface area contributed by atoms with Crippen LogP contribution in [0.15, 0.2) is 64.6 Å². The van der Waals surface area contributed by atoms with Gasteiger partial charge in [-0.05, 0) is 35.9 Å². The first-order valence-corrected chi connectivity index (χ1v) is 9.23. The number of thioether (sulfide) groups is 1. The predicted molar refractivity (Wildman–Crippen MR) is 99.6 cm³/mol. The summed E-state index contributed by atoms with van der Waals surface area (Å²) in [5.41, 5.74) is 0.531. The van der Waals surface area contributed by atoms with Crippen LogP contribution >= 0.6 is 11.8 Å². The molecule has 1 aliphatic rings. The molecule has 1 heterocycles. The fourth-order valence-corrected chi connectivity index (χ4v) is 3.25. The topological polar surface area (TPSA) is 61.8 Å². The van der Waals surface area contributed by atoms with Gasteiger partial charge in [-0.1, -0.05) is 49.4 Å². The van der Waals surface area contributed by atoms with Gasteiger partial charge < -0.3 is 5.32 Å². The molecule has 2 aromatic carbocycles. The maximum atomic E-state index is 12.9. The monoisotopic (exact) mass is 353 g/mol. The molecule has 0 unspecified atom stereocenters. The van der Waals surface area contributed by atoms with Gasteiger partial charge in [0.2, 0.25) is 0 Å². The molecule has 1 fully saturated rings. The van der Waals surface area contributed by atoms with Gasteiger partial charge in [0.25, 0.3) is 5.91 Å². The largest absolute Gasteiger partial charge is 0.346 e. The highest BCUT2D eigenvalue weighted by Gasteiger charge is 2.51. The van der Waals surface area contributed by atoms with Crippen molar-refractivity contribution in [2.75, 3.05) is 6.26 Å². The molecule has 1 N–H and O–H groups in total. The lowest BCUT2D eigenvalue weighted by atomic mass is 9.87. The number of hydrazone groups is 1. The Morgan fingerprint density at radius 1 is 1.12 bits per heavy atom. The van der Waals surface area contributed by atoms with Crippen LogP contribution in [-0.4, -0.2) is 29.4 Å². The molecular weight excluding hydrogens is 334 g/mol. The Hall–Kier alpha value is -2.60. The van der Waals surface area contributed by atoms with E-state index >= 15 is 0 Å². The summed E-state index contributed by atoms with van der Waals surface area (Å²) in [6.07, 6.45) is 3.98. The van der Waals surface area contributed by atoms with E-state index in [9.17, 15) is 9.59 Å². The highest BCUT2D eigenvalue weighted by Crippen LogP contribution is 2.32. The van der Waals surface area contributed by atoms with E-state index in [2.05, 4.69) is 10.4 Å². The minimum absolute atomic E-state index is 0.358. The molecule has 0 aliphatic carbocycles. The summed E-state index contributed by atoms with van der Waals surface area (Å²) in [5.74, 6) is -0.358. The van der Waals surface area contributed by atoms with Gasteiger partial charge in [0.1, 0.15) is 5.54 Å². The highest BCUT2D eigenvalue weighted by molar-refractivity contribution is 7.98. The summed E-state index contributed by atoms with van der Waals surface area (Å²) < 4.78 is 0. The van der Waals surface area contributed by atoms with Crippen LogP contribution in [0.1, 0.15) is 24.5 Å². The number of amides is 3. The summed E-state index contributed by atoms with van der Waals surface area (Å²) >= 11 is 1.65. The first kappa shape index (κ1) is 17.2. The third-order valence-electron chi connectivity index (χ3n) is 4.31. The Morgan fingerprint density at radius 3 is 2.40 bits per heavy atom. The first-order valence-electron chi connectivity index (χ1n) is 8.01. The van der Waals surface area contributed by atoms with Gasteiger partial charge in [0.05, 0.1) is 6.21 Å². The van der Waals surface area contributed by atoms with Crippen molar-refractivity contribution in [1.82, 2.24) is 10.3 Å². The fourth-order valence-electron chi connectivity index (χ4n) is 2.84. The smallest absolute Gasteiger partial charge is 0.318 e. The van der Waals surface area contributed by atoms with E-state index in [-0.39, 0.29) is 5.91 Å². The van der Waals surface area contributed by atoms with Crippen LogP contribution in [0.4, 0.5) is 4.79 Å². The van der Waals surface area contributed by atoms with Crippen molar-refractivity contribution in [2.24, 2.45) is 5.10 Å². The van der Waals surface area contributed by atoms with E-state index in [0.29, 0.717) is 6.42 Å². The van der Waals surface area contributed by atoms with Crippen LogP contribution in [0.3, 0.4) is 0 Å².